The molecule has 0 saturated carbocycles. The van der Waals surface area contributed by atoms with Crippen LogP contribution in [0.4, 0.5) is 0 Å². The fourth-order valence-electron chi connectivity index (χ4n) is 2.87. The molecule has 0 atom stereocenters. The Morgan fingerprint density at radius 3 is 2.16 bits per heavy atom. The molecule has 1 aliphatic rings. The summed E-state index contributed by atoms with van der Waals surface area (Å²) in [7, 11) is 0. The van der Waals surface area contributed by atoms with E-state index in [2.05, 4.69) is 72.8 Å². The lowest BCUT2D eigenvalue weighted by molar-refractivity contribution is 1.33. The van der Waals surface area contributed by atoms with Crippen molar-refractivity contribution >= 4 is 22.4 Å². The van der Waals surface area contributed by atoms with Crippen LogP contribution in [0.5, 0.6) is 0 Å². The van der Waals surface area contributed by atoms with Gasteiger partial charge in [-0.25, -0.2) is 0 Å². The third kappa shape index (κ3) is 1.77. The summed E-state index contributed by atoms with van der Waals surface area (Å²) in [5.74, 6) is 0. The van der Waals surface area contributed by atoms with Crippen molar-refractivity contribution in [2.24, 2.45) is 0 Å². The lowest BCUT2D eigenvalue weighted by atomic mass is 10.0. The van der Waals surface area contributed by atoms with Gasteiger partial charge < -0.3 is 0 Å². The molecule has 0 N–H and O–H groups in total. The van der Waals surface area contributed by atoms with Crippen molar-refractivity contribution in [1.29, 1.82) is 0 Å². The van der Waals surface area contributed by atoms with E-state index in [1.165, 1.54) is 33.0 Å². The van der Waals surface area contributed by atoms with Gasteiger partial charge in [-0.05, 0) is 45.5 Å². The molecule has 0 radical (unpaired) electrons. The van der Waals surface area contributed by atoms with Crippen LogP contribution in [0.25, 0.3) is 22.4 Å². The van der Waals surface area contributed by atoms with Crippen molar-refractivity contribution in [2.75, 3.05) is 0 Å². The first-order valence-electron chi connectivity index (χ1n) is 6.68. The molecule has 0 heterocycles. The fourth-order valence-corrected chi connectivity index (χ4v) is 2.87. The molecular formula is C19H14. The molecule has 0 saturated heterocycles. The van der Waals surface area contributed by atoms with Crippen molar-refractivity contribution in [2.45, 2.75) is 6.42 Å². The molecule has 0 heteroatoms. The number of allylic oxidation sites excluding steroid dienone is 1. The topological polar surface area (TPSA) is 0 Å². The summed E-state index contributed by atoms with van der Waals surface area (Å²) in [4.78, 5) is 0. The third-order valence-corrected chi connectivity index (χ3v) is 3.86. The van der Waals surface area contributed by atoms with E-state index in [9.17, 15) is 0 Å². The summed E-state index contributed by atoms with van der Waals surface area (Å²) < 4.78 is 0. The average molecular weight is 242 g/mol. The Labute approximate surface area is 113 Å². The van der Waals surface area contributed by atoms with Gasteiger partial charge in [0.05, 0.1) is 0 Å². The molecule has 3 aromatic rings. The van der Waals surface area contributed by atoms with Crippen LogP contribution in [0.2, 0.25) is 0 Å². The van der Waals surface area contributed by atoms with Gasteiger partial charge in [0.25, 0.3) is 0 Å². The van der Waals surface area contributed by atoms with Crippen LogP contribution >= 0.6 is 0 Å². The van der Waals surface area contributed by atoms with Gasteiger partial charge >= 0.3 is 0 Å². The Hall–Kier alpha value is -2.34. The highest BCUT2D eigenvalue weighted by atomic mass is 14.2. The number of hydrogen-bond donors (Lipinski definition) is 0. The van der Waals surface area contributed by atoms with Gasteiger partial charge in [-0.1, -0.05) is 66.7 Å². The summed E-state index contributed by atoms with van der Waals surface area (Å²) in [5, 5.41) is 2.66. The summed E-state index contributed by atoms with van der Waals surface area (Å²) in [6.07, 6.45) is 3.38. The number of hydrogen-bond acceptors (Lipinski definition) is 0. The second kappa shape index (κ2) is 4.10. The monoisotopic (exact) mass is 242 g/mol. The van der Waals surface area contributed by atoms with Gasteiger partial charge in [0, 0.05) is 0 Å². The molecule has 0 bridgehead atoms. The van der Waals surface area contributed by atoms with Gasteiger partial charge in [0.1, 0.15) is 0 Å². The molecule has 1 aliphatic carbocycles. The number of rotatable bonds is 1. The maximum atomic E-state index is 2.33. The van der Waals surface area contributed by atoms with Crippen LogP contribution in [-0.2, 0) is 6.42 Å². The van der Waals surface area contributed by atoms with Crippen LogP contribution in [0.15, 0.2) is 66.7 Å². The minimum Gasteiger partial charge on any atom is -0.0622 e. The molecule has 0 fully saturated rings. The van der Waals surface area contributed by atoms with Crippen molar-refractivity contribution in [1.82, 2.24) is 0 Å². The van der Waals surface area contributed by atoms with E-state index in [1.54, 1.807) is 0 Å². The Morgan fingerprint density at radius 2 is 1.37 bits per heavy atom. The molecule has 0 unspecified atom stereocenters. The molecule has 19 heavy (non-hydrogen) atoms. The second-order valence-electron chi connectivity index (χ2n) is 5.11. The molecule has 3 aromatic carbocycles. The zero-order valence-corrected chi connectivity index (χ0v) is 10.6. The van der Waals surface area contributed by atoms with E-state index in [-0.39, 0.29) is 0 Å². The first kappa shape index (κ1) is 10.6. The minimum atomic E-state index is 1.05. The molecule has 0 amide bonds. The molecular weight excluding hydrogens is 228 g/mol. The van der Waals surface area contributed by atoms with Gasteiger partial charge in [-0.2, -0.15) is 0 Å². The predicted octanol–water partition coefficient (Wildman–Crippen LogP) is 4.94. The molecule has 0 nitrogen and oxygen atoms in total. The highest BCUT2D eigenvalue weighted by molar-refractivity contribution is 5.94. The maximum absolute atomic E-state index is 2.33. The van der Waals surface area contributed by atoms with Crippen LogP contribution in [0, 0.1) is 0 Å². The second-order valence-corrected chi connectivity index (χ2v) is 5.11. The van der Waals surface area contributed by atoms with Crippen molar-refractivity contribution in [3.63, 3.8) is 0 Å². The quantitative estimate of drug-likeness (QED) is 0.567. The molecule has 90 valence electrons. The zero-order chi connectivity index (χ0) is 12.7. The molecule has 0 aromatic heterocycles. The van der Waals surface area contributed by atoms with E-state index in [0.29, 0.717) is 0 Å². The lowest BCUT2D eigenvalue weighted by Crippen LogP contribution is -1.85. The van der Waals surface area contributed by atoms with Crippen LogP contribution in [0.3, 0.4) is 0 Å². The van der Waals surface area contributed by atoms with Crippen molar-refractivity contribution in [3.8, 4) is 0 Å². The molecule has 0 spiro atoms. The average Bonchev–Trinajstić information content (AvgIpc) is 2.88. The van der Waals surface area contributed by atoms with Crippen LogP contribution < -0.4 is 0 Å². The van der Waals surface area contributed by atoms with E-state index in [1.807, 2.05) is 0 Å². The Morgan fingerprint density at radius 1 is 0.684 bits per heavy atom. The SMILES string of the molecule is C1=C(c2ccccc2)Cc2cc3ccccc3cc21. The summed E-state index contributed by atoms with van der Waals surface area (Å²) in [6, 6.07) is 23.9. The number of benzene rings is 3. The highest BCUT2D eigenvalue weighted by Crippen LogP contribution is 2.33. The fraction of sp³-hybridized carbons (Fsp3) is 0.0526. The first-order chi connectivity index (χ1) is 9.40. The van der Waals surface area contributed by atoms with E-state index in [4.69, 9.17) is 0 Å². The van der Waals surface area contributed by atoms with Crippen molar-refractivity contribution in [3.05, 3.63) is 83.4 Å². The van der Waals surface area contributed by atoms with Crippen molar-refractivity contribution < 1.29 is 0 Å². The smallest absolute Gasteiger partial charge is 0.00135 e. The molecule has 4 rings (SSSR count). The van der Waals surface area contributed by atoms with Crippen LogP contribution in [-0.4, -0.2) is 0 Å². The zero-order valence-electron chi connectivity index (χ0n) is 10.6. The third-order valence-electron chi connectivity index (χ3n) is 3.86. The Bertz CT molecular complexity index is 780. The summed E-state index contributed by atoms with van der Waals surface area (Å²) >= 11 is 0. The maximum Gasteiger partial charge on any atom is -0.00135 e. The highest BCUT2D eigenvalue weighted by Gasteiger charge is 2.14. The lowest BCUT2D eigenvalue weighted by Gasteiger charge is -2.03. The van der Waals surface area contributed by atoms with E-state index >= 15 is 0 Å². The standard InChI is InChI=1S/C19H14/c1-2-6-14(7-3-1)17-12-18-10-15-8-4-5-9-16(15)11-19(18)13-17/h1-12H,13H2. The Balaban J connectivity index is 1.83. The van der Waals surface area contributed by atoms with Gasteiger partial charge in [-0.3, -0.25) is 0 Å². The van der Waals surface area contributed by atoms with Gasteiger partial charge in [0.15, 0.2) is 0 Å². The van der Waals surface area contributed by atoms with Gasteiger partial charge in [0.2, 0.25) is 0 Å². The van der Waals surface area contributed by atoms with Gasteiger partial charge in [-0.15, -0.1) is 0 Å². The minimum absolute atomic E-state index is 1.05. The predicted molar refractivity (Wildman–Crippen MR) is 82.0 cm³/mol. The van der Waals surface area contributed by atoms with Crippen LogP contribution in [0.1, 0.15) is 16.7 Å². The van der Waals surface area contributed by atoms with E-state index in [0.717, 1.165) is 6.42 Å². The Kier molecular flexibility index (Phi) is 2.28. The largest absolute Gasteiger partial charge is 0.0622 e. The summed E-state index contributed by atoms with van der Waals surface area (Å²) in [5.41, 5.74) is 5.57. The van der Waals surface area contributed by atoms with E-state index < -0.39 is 0 Å². The number of fused-ring (bicyclic) bond motifs is 2. The first-order valence-corrected chi connectivity index (χ1v) is 6.68. The normalized spacial score (nSPS) is 13.4. The summed E-state index contributed by atoms with van der Waals surface area (Å²) in [6.45, 7) is 0. The molecule has 0 aliphatic heterocycles.